The summed E-state index contributed by atoms with van der Waals surface area (Å²) >= 11 is 0. The van der Waals surface area contributed by atoms with E-state index in [0.717, 1.165) is 17.7 Å². The van der Waals surface area contributed by atoms with E-state index in [1.807, 2.05) is 32.0 Å². The molecule has 0 atom stereocenters. The summed E-state index contributed by atoms with van der Waals surface area (Å²) in [5.41, 5.74) is 0.718. The van der Waals surface area contributed by atoms with Gasteiger partial charge in [0.2, 0.25) is 0 Å². The second kappa shape index (κ2) is 4.80. The van der Waals surface area contributed by atoms with Crippen molar-refractivity contribution in [3.8, 4) is 11.5 Å². The highest BCUT2D eigenvalue weighted by Crippen LogP contribution is 2.41. The first-order chi connectivity index (χ1) is 9.94. The topological polar surface area (TPSA) is 81.8 Å². The highest BCUT2D eigenvalue weighted by atomic mass is 16.5. The summed E-state index contributed by atoms with van der Waals surface area (Å²) in [6, 6.07) is 7.07. The van der Waals surface area contributed by atoms with Crippen LogP contribution < -0.4 is 9.47 Å². The van der Waals surface area contributed by atoms with Crippen LogP contribution in [-0.4, -0.2) is 21.8 Å². The van der Waals surface area contributed by atoms with Crippen molar-refractivity contribution in [3.05, 3.63) is 41.3 Å². The van der Waals surface area contributed by atoms with Gasteiger partial charge in [-0.15, -0.1) is 0 Å². The third-order valence-corrected chi connectivity index (χ3v) is 3.20. The van der Waals surface area contributed by atoms with Crippen LogP contribution in [0, 0.1) is 0 Å². The van der Waals surface area contributed by atoms with Crippen LogP contribution in [0.4, 0.5) is 0 Å². The fraction of sp³-hybridized carbons (Fsp3) is 0.333. The molecule has 1 aliphatic rings. The van der Waals surface area contributed by atoms with Gasteiger partial charge in [-0.25, -0.2) is 4.79 Å². The first kappa shape index (κ1) is 13.5. The lowest BCUT2D eigenvalue weighted by molar-refractivity contribution is 0.0685. The normalized spacial score (nSPS) is 15.3. The lowest BCUT2D eigenvalue weighted by Gasteiger charge is -2.18. The van der Waals surface area contributed by atoms with Crippen molar-refractivity contribution in [1.29, 1.82) is 0 Å². The lowest BCUT2D eigenvalue weighted by atomic mass is 10.0. The predicted octanol–water partition coefficient (Wildman–Crippen LogP) is 2.67. The van der Waals surface area contributed by atoms with E-state index in [9.17, 15) is 4.79 Å². The molecule has 0 saturated heterocycles. The molecule has 0 unspecified atom stereocenters. The summed E-state index contributed by atoms with van der Waals surface area (Å²) in [4.78, 5) is 10.7. The Morgan fingerprint density at radius 1 is 1.48 bits per heavy atom. The van der Waals surface area contributed by atoms with Crippen LogP contribution in [0.15, 0.2) is 28.8 Å². The highest BCUT2D eigenvalue weighted by Gasteiger charge is 2.32. The fourth-order valence-electron chi connectivity index (χ4n) is 2.33. The highest BCUT2D eigenvalue weighted by molar-refractivity contribution is 5.85. The Morgan fingerprint density at radius 2 is 2.29 bits per heavy atom. The molecule has 1 N–H and O–H groups in total. The van der Waals surface area contributed by atoms with Crippen LogP contribution in [0.25, 0.3) is 0 Å². The van der Waals surface area contributed by atoms with E-state index in [1.165, 1.54) is 6.07 Å². The van der Waals surface area contributed by atoms with Gasteiger partial charge >= 0.3 is 5.97 Å². The molecule has 0 saturated carbocycles. The van der Waals surface area contributed by atoms with Crippen LogP contribution in [0.5, 0.6) is 11.5 Å². The molecule has 110 valence electrons. The molecular formula is C15H15NO5. The summed E-state index contributed by atoms with van der Waals surface area (Å²) in [7, 11) is 0. The number of carboxylic acid groups (broad SMARTS) is 1. The van der Waals surface area contributed by atoms with E-state index < -0.39 is 5.97 Å². The average Bonchev–Trinajstić information content (AvgIpc) is 2.98. The summed E-state index contributed by atoms with van der Waals surface area (Å²) < 4.78 is 16.5. The summed E-state index contributed by atoms with van der Waals surface area (Å²) in [5, 5.41) is 12.2. The third kappa shape index (κ3) is 2.69. The van der Waals surface area contributed by atoms with Crippen LogP contribution in [0.2, 0.25) is 0 Å². The number of ether oxygens (including phenoxy) is 2. The van der Waals surface area contributed by atoms with Crippen LogP contribution in [-0.2, 0) is 13.0 Å². The monoisotopic (exact) mass is 289 g/mol. The van der Waals surface area contributed by atoms with Gasteiger partial charge in [0.25, 0.3) is 0 Å². The third-order valence-electron chi connectivity index (χ3n) is 3.20. The van der Waals surface area contributed by atoms with Gasteiger partial charge in [0.05, 0.1) is 0 Å². The number of carboxylic acids is 1. The fourth-order valence-corrected chi connectivity index (χ4v) is 2.33. The number of benzene rings is 1. The molecule has 2 heterocycles. The molecule has 6 nitrogen and oxygen atoms in total. The smallest absolute Gasteiger partial charge is 0.358 e. The van der Waals surface area contributed by atoms with E-state index in [1.54, 1.807) is 0 Å². The molecule has 2 aromatic rings. The Hall–Kier alpha value is -2.50. The SMILES string of the molecule is CC1(C)Cc2cccc(OCc3cc(C(=O)O)no3)c2O1. The maximum absolute atomic E-state index is 10.7. The predicted molar refractivity (Wildman–Crippen MR) is 72.6 cm³/mol. The summed E-state index contributed by atoms with van der Waals surface area (Å²) in [6.45, 7) is 4.14. The Balaban J connectivity index is 1.75. The van der Waals surface area contributed by atoms with Gasteiger partial charge in [-0.05, 0) is 19.9 Å². The molecule has 6 heteroatoms. The zero-order chi connectivity index (χ0) is 15.0. The minimum atomic E-state index is -1.13. The molecular weight excluding hydrogens is 274 g/mol. The molecule has 21 heavy (non-hydrogen) atoms. The lowest BCUT2D eigenvalue weighted by Crippen LogP contribution is -2.24. The molecule has 0 bridgehead atoms. The summed E-state index contributed by atoms with van der Waals surface area (Å²) in [6.07, 6.45) is 0.824. The second-order valence-corrected chi connectivity index (χ2v) is 5.56. The minimum absolute atomic E-state index is 0.0977. The second-order valence-electron chi connectivity index (χ2n) is 5.56. The van der Waals surface area contributed by atoms with E-state index in [-0.39, 0.29) is 17.9 Å². The number of para-hydroxylation sites is 1. The molecule has 0 aliphatic carbocycles. The number of hydrogen-bond acceptors (Lipinski definition) is 5. The van der Waals surface area contributed by atoms with E-state index in [4.69, 9.17) is 19.1 Å². The molecule has 0 spiro atoms. The number of carbonyl (C=O) groups is 1. The van der Waals surface area contributed by atoms with Crippen molar-refractivity contribution in [2.75, 3.05) is 0 Å². The van der Waals surface area contributed by atoms with Gasteiger partial charge in [0, 0.05) is 18.1 Å². The molecule has 1 aromatic heterocycles. The van der Waals surface area contributed by atoms with E-state index >= 15 is 0 Å². The molecule has 1 aliphatic heterocycles. The number of rotatable bonds is 4. The van der Waals surface area contributed by atoms with E-state index in [0.29, 0.717) is 11.5 Å². The van der Waals surface area contributed by atoms with E-state index in [2.05, 4.69) is 5.16 Å². The zero-order valence-corrected chi connectivity index (χ0v) is 11.8. The quantitative estimate of drug-likeness (QED) is 0.931. The van der Waals surface area contributed by atoms with Crippen LogP contribution in [0.1, 0.15) is 35.7 Å². The Labute approximate surface area is 121 Å². The molecule has 0 fully saturated rings. The first-order valence-corrected chi connectivity index (χ1v) is 6.57. The Morgan fingerprint density at radius 3 is 3.00 bits per heavy atom. The van der Waals surface area contributed by atoms with Crippen LogP contribution >= 0.6 is 0 Å². The number of fused-ring (bicyclic) bond motifs is 1. The molecule has 0 radical (unpaired) electrons. The van der Waals surface area contributed by atoms with Gasteiger partial charge in [0.15, 0.2) is 23.0 Å². The van der Waals surface area contributed by atoms with Crippen molar-refractivity contribution in [2.45, 2.75) is 32.5 Å². The zero-order valence-electron chi connectivity index (χ0n) is 11.8. The minimum Gasteiger partial charge on any atom is -0.483 e. The van der Waals surface area contributed by atoms with Gasteiger partial charge in [-0.1, -0.05) is 17.3 Å². The number of aromatic nitrogens is 1. The maximum Gasteiger partial charge on any atom is 0.358 e. The first-order valence-electron chi connectivity index (χ1n) is 6.57. The van der Waals surface area contributed by atoms with Crippen LogP contribution in [0.3, 0.4) is 0 Å². The number of aromatic carboxylic acids is 1. The van der Waals surface area contributed by atoms with Crippen molar-refractivity contribution < 1.29 is 23.9 Å². The Bertz CT molecular complexity index is 689. The average molecular weight is 289 g/mol. The van der Waals surface area contributed by atoms with Crippen molar-refractivity contribution in [3.63, 3.8) is 0 Å². The molecule has 3 rings (SSSR count). The van der Waals surface area contributed by atoms with Gasteiger partial charge in [0.1, 0.15) is 12.2 Å². The summed E-state index contributed by atoms with van der Waals surface area (Å²) in [5.74, 6) is 0.574. The standard InChI is InChI=1S/C15H15NO5/c1-15(2)7-9-4-3-5-12(13(9)20-15)19-8-10-6-11(14(17)18)16-21-10/h3-6H,7-8H2,1-2H3,(H,17,18). The van der Waals surface area contributed by atoms with Gasteiger partial charge < -0.3 is 19.1 Å². The molecule has 0 amide bonds. The number of hydrogen-bond donors (Lipinski definition) is 1. The largest absolute Gasteiger partial charge is 0.483 e. The van der Waals surface area contributed by atoms with Gasteiger partial charge in [-0.2, -0.15) is 0 Å². The number of nitrogens with zero attached hydrogens (tertiary/aromatic N) is 1. The van der Waals surface area contributed by atoms with Crippen molar-refractivity contribution in [1.82, 2.24) is 5.16 Å². The van der Waals surface area contributed by atoms with Gasteiger partial charge in [-0.3, -0.25) is 0 Å². The molecule has 1 aromatic carbocycles. The van der Waals surface area contributed by atoms with Crippen molar-refractivity contribution in [2.24, 2.45) is 0 Å². The Kier molecular flexibility index (Phi) is 3.08. The van der Waals surface area contributed by atoms with Crippen molar-refractivity contribution >= 4 is 5.97 Å². The maximum atomic E-state index is 10.7.